The lowest BCUT2D eigenvalue weighted by Gasteiger charge is -2.41. The van der Waals surface area contributed by atoms with Crippen LogP contribution in [-0.2, 0) is 27.9 Å². The van der Waals surface area contributed by atoms with Crippen LogP contribution < -0.4 is 0 Å². The molecule has 0 aromatic carbocycles. The topological polar surface area (TPSA) is 192 Å². The SMILES string of the molecule is CC/C=C\C/C=C\C/C=C\C/C=C\CCCCC(=O)OC(COCCCCCCCC/C=C\C/C=C\CCCCCC)COP(=O)(O)OC1C(O)C(O)C(O)C(O)C1O. The van der Waals surface area contributed by atoms with Gasteiger partial charge in [0.1, 0.15) is 42.7 Å². The van der Waals surface area contributed by atoms with E-state index in [0.29, 0.717) is 13.0 Å². The summed E-state index contributed by atoms with van der Waals surface area (Å²) in [6, 6.07) is 0. The summed E-state index contributed by atoms with van der Waals surface area (Å²) in [6.45, 7) is 4.04. The molecule has 340 valence electrons. The summed E-state index contributed by atoms with van der Waals surface area (Å²) in [5.41, 5.74) is 0. The number of unbranched alkanes of at least 4 members (excludes halogenated alkanes) is 12. The Morgan fingerprint density at radius 2 is 1.00 bits per heavy atom. The van der Waals surface area contributed by atoms with Gasteiger partial charge < -0.3 is 39.9 Å². The van der Waals surface area contributed by atoms with Crippen LogP contribution in [0, 0.1) is 0 Å². The number of hydrogen-bond acceptors (Lipinski definition) is 11. The molecule has 6 atom stereocenters. The molecule has 0 spiro atoms. The highest BCUT2D eigenvalue weighted by molar-refractivity contribution is 7.47. The molecule has 0 radical (unpaired) electrons. The van der Waals surface area contributed by atoms with E-state index in [1.54, 1.807) is 0 Å². The van der Waals surface area contributed by atoms with E-state index in [4.69, 9.17) is 18.5 Å². The van der Waals surface area contributed by atoms with Gasteiger partial charge in [0.2, 0.25) is 0 Å². The normalized spacial score (nSPS) is 23.2. The Labute approximate surface area is 355 Å². The second-order valence-corrected chi connectivity index (χ2v) is 16.6. The Morgan fingerprint density at radius 1 is 0.559 bits per heavy atom. The minimum absolute atomic E-state index is 0.105. The highest BCUT2D eigenvalue weighted by atomic mass is 31.2. The van der Waals surface area contributed by atoms with E-state index < -0.39 is 63.1 Å². The molecule has 6 N–H and O–H groups in total. The van der Waals surface area contributed by atoms with Crippen molar-refractivity contribution < 1.29 is 58.3 Å². The van der Waals surface area contributed by atoms with Gasteiger partial charge in [-0.25, -0.2) is 4.57 Å². The second-order valence-electron chi connectivity index (χ2n) is 15.2. The Morgan fingerprint density at radius 3 is 1.53 bits per heavy atom. The molecule has 1 fully saturated rings. The lowest BCUT2D eigenvalue weighted by atomic mass is 9.85. The zero-order valence-electron chi connectivity index (χ0n) is 36.0. The van der Waals surface area contributed by atoms with Crippen LogP contribution in [0.4, 0.5) is 0 Å². The number of carbonyl (C=O) groups is 1. The summed E-state index contributed by atoms with van der Waals surface area (Å²) in [6.07, 6.45) is 34.0. The van der Waals surface area contributed by atoms with Crippen LogP contribution in [-0.4, -0.2) is 98.9 Å². The number of rotatable bonds is 36. The fourth-order valence-corrected chi connectivity index (χ4v) is 7.23. The number of aliphatic hydroxyl groups is 5. The number of phosphoric ester groups is 1. The third-order valence-electron chi connectivity index (χ3n) is 9.81. The average molecular weight is 855 g/mol. The number of esters is 1. The van der Waals surface area contributed by atoms with Crippen LogP contribution in [0.25, 0.3) is 0 Å². The van der Waals surface area contributed by atoms with Crippen molar-refractivity contribution in [2.75, 3.05) is 19.8 Å². The van der Waals surface area contributed by atoms with Gasteiger partial charge >= 0.3 is 13.8 Å². The largest absolute Gasteiger partial charge is 0.472 e. The van der Waals surface area contributed by atoms with E-state index in [2.05, 4.69) is 86.8 Å². The van der Waals surface area contributed by atoms with E-state index in [9.17, 15) is 39.8 Å². The first-order valence-electron chi connectivity index (χ1n) is 22.3. The monoisotopic (exact) mass is 855 g/mol. The Hall–Kier alpha value is -2.22. The summed E-state index contributed by atoms with van der Waals surface area (Å²) in [5.74, 6) is -0.525. The van der Waals surface area contributed by atoms with Crippen molar-refractivity contribution in [3.05, 3.63) is 72.9 Å². The summed E-state index contributed by atoms with van der Waals surface area (Å²) < 4.78 is 34.1. The number of ether oxygens (including phenoxy) is 2. The zero-order valence-corrected chi connectivity index (χ0v) is 36.9. The van der Waals surface area contributed by atoms with Crippen LogP contribution in [0.15, 0.2) is 72.9 Å². The van der Waals surface area contributed by atoms with Crippen LogP contribution in [0.2, 0.25) is 0 Å². The highest BCUT2D eigenvalue weighted by Gasteiger charge is 2.51. The van der Waals surface area contributed by atoms with Crippen molar-refractivity contribution in [1.82, 2.24) is 0 Å². The number of hydrogen-bond donors (Lipinski definition) is 6. The molecular formula is C46H79O12P. The average Bonchev–Trinajstić information content (AvgIpc) is 3.22. The first-order valence-corrected chi connectivity index (χ1v) is 23.8. The van der Waals surface area contributed by atoms with Gasteiger partial charge in [-0.3, -0.25) is 13.8 Å². The van der Waals surface area contributed by atoms with Crippen molar-refractivity contribution in [2.45, 2.75) is 191 Å². The molecule has 13 heteroatoms. The smallest absolute Gasteiger partial charge is 0.457 e. The lowest BCUT2D eigenvalue weighted by Crippen LogP contribution is -2.64. The van der Waals surface area contributed by atoms with E-state index >= 15 is 0 Å². The second kappa shape index (κ2) is 36.4. The maximum absolute atomic E-state index is 12.8. The molecule has 12 nitrogen and oxygen atoms in total. The maximum Gasteiger partial charge on any atom is 0.472 e. The van der Waals surface area contributed by atoms with E-state index in [1.165, 1.54) is 32.1 Å². The van der Waals surface area contributed by atoms with Crippen molar-refractivity contribution >= 4 is 13.8 Å². The fraction of sp³-hybridized carbons (Fsp3) is 0.717. The van der Waals surface area contributed by atoms with Crippen LogP contribution in [0.1, 0.15) is 149 Å². The minimum Gasteiger partial charge on any atom is -0.457 e. The van der Waals surface area contributed by atoms with Gasteiger partial charge in [-0.15, -0.1) is 0 Å². The number of aliphatic hydroxyl groups excluding tert-OH is 5. The third-order valence-corrected chi connectivity index (χ3v) is 10.8. The first kappa shape index (κ1) is 54.8. The van der Waals surface area contributed by atoms with Gasteiger partial charge in [0, 0.05) is 13.0 Å². The summed E-state index contributed by atoms with van der Waals surface area (Å²) in [4.78, 5) is 23.1. The van der Waals surface area contributed by atoms with Crippen molar-refractivity contribution in [1.29, 1.82) is 0 Å². The standard InChI is InChI=1S/C46H79O12P/c1-3-5-7-9-11-13-15-17-19-20-22-24-26-28-30-32-34-36-55-37-39(38-56-59(53,54)58-46-44(51)42(49)41(48)43(50)45(46)52)57-40(47)35-33-31-29-27-25-23-21-18-16-14-12-10-8-6-4-2/h6,8,12-15,18-21,25,27,39,41-46,48-52H,3-5,7,9-11,16-17,22-24,26,28-38H2,1-2H3,(H,53,54)/b8-6-,14-12-,15-13-,20-19-,21-18-,27-25-. The van der Waals surface area contributed by atoms with Crippen molar-refractivity contribution in [3.63, 3.8) is 0 Å². The molecule has 0 aromatic rings. The van der Waals surface area contributed by atoms with E-state index in [-0.39, 0.29) is 13.0 Å². The van der Waals surface area contributed by atoms with Crippen molar-refractivity contribution in [3.8, 4) is 0 Å². The van der Waals surface area contributed by atoms with E-state index in [1.807, 2.05) is 0 Å². The minimum atomic E-state index is -5.03. The Bertz CT molecular complexity index is 1250. The number of phosphoric acid groups is 1. The predicted octanol–water partition coefficient (Wildman–Crippen LogP) is 8.80. The predicted molar refractivity (Wildman–Crippen MR) is 235 cm³/mol. The molecule has 1 saturated carbocycles. The van der Waals surface area contributed by atoms with E-state index in [0.717, 1.165) is 89.9 Å². The lowest BCUT2D eigenvalue weighted by molar-refractivity contribution is -0.220. The Balaban J connectivity index is 2.46. The number of allylic oxidation sites excluding steroid dienone is 12. The molecule has 1 aliphatic rings. The first-order chi connectivity index (χ1) is 28.5. The molecule has 0 aromatic heterocycles. The molecule has 6 unspecified atom stereocenters. The third kappa shape index (κ3) is 28.9. The van der Waals surface area contributed by atoms with Gasteiger partial charge in [0.15, 0.2) is 0 Å². The van der Waals surface area contributed by atoms with Gasteiger partial charge in [-0.2, -0.15) is 0 Å². The zero-order chi connectivity index (χ0) is 43.4. The van der Waals surface area contributed by atoms with Crippen LogP contribution in [0.5, 0.6) is 0 Å². The fourth-order valence-electron chi connectivity index (χ4n) is 6.26. The van der Waals surface area contributed by atoms with Crippen LogP contribution >= 0.6 is 7.82 Å². The highest BCUT2D eigenvalue weighted by Crippen LogP contribution is 2.47. The maximum atomic E-state index is 12.8. The molecule has 0 aliphatic heterocycles. The van der Waals surface area contributed by atoms with Crippen LogP contribution in [0.3, 0.4) is 0 Å². The quantitative estimate of drug-likeness (QED) is 0.0152. The molecule has 59 heavy (non-hydrogen) atoms. The molecule has 0 heterocycles. The van der Waals surface area contributed by atoms with Gasteiger partial charge in [-0.1, -0.05) is 132 Å². The van der Waals surface area contributed by atoms with Gasteiger partial charge in [-0.05, 0) is 83.5 Å². The molecule has 0 bridgehead atoms. The Kier molecular flexibility index (Phi) is 33.8. The summed E-state index contributed by atoms with van der Waals surface area (Å²) in [5, 5.41) is 50.1. The summed E-state index contributed by atoms with van der Waals surface area (Å²) in [7, 11) is -5.03. The summed E-state index contributed by atoms with van der Waals surface area (Å²) >= 11 is 0. The molecule has 0 saturated heterocycles. The molecule has 1 rings (SSSR count). The van der Waals surface area contributed by atoms with Gasteiger partial charge in [0.05, 0.1) is 13.2 Å². The molecular weight excluding hydrogens is 775 g/mol. The number of carbonyl (C=O) groups excluding carboxylic acids is 1. The van der Waals surface area contributed by atoms with Crippen molar-refractivity contribution in [2.24, 2.45) is 0 Å². The van der Waals surface area contributed by atoms with Gasteiger partial charge in [0.25, 0.3) is 0 Å². The molecule has 0 amide bonds. The molecule has 1 aliphatic carbocycles.